The molecule has 0 unspecified atom stereocenters. The van der Waals surface area contributed by atoms with Crippen molar-refractivity contribution < 1.29 is 9.90 Å². The Morgan fingerprint density at radius 3 is 2.73 bits per heavy atom. The zero-order valence-corrected chi connectivity index (χ0v) is 15.6. The third kappa shape index (κ3) is 5.07. The molecule has 0 aliphatic carbocycles. The van der Waals surface area contributed by atoms with Gasteiger partial charge < -0.3 is 15.3 Å². The van der Waals surface area contributed by atoms with Crippen molar-refractivity contribution in [2.75, 3.05) is 32.8 Å². The zero-order valence-electron chi connectivity index (χ0n) is 14.8. The number of aliphatic hydroxyl groups excluding tert-OH is 1. The summed E-state index contributed by atoms with van der Waals surface area (Å²) in [5, 5.41) is 13.0. The fourth-order valence-corrected chi connectivity index (χ4v) is 3.63. The summed E-state index contributed by atoms with van der Waals surface area (Å²) in [6, 6.07) is 15.2. The van der Waals surface area contributed by atoms with E-state index >= 15 is 0 Å². The minimum atomic E-state index is -0.0652. The highest BCUT2D eigenvalue weighted by molar-refractivity contribution is 6.30. The molecule has 5 heteroatoms. The van der Waals surface area contributed by atoms with E-state index in [9.17, 15) is 9.90 Å². The molecule has 1 saturated heterocycles. The average molecular weight is 373 g/mol. The van der Waals surface area contributed by atoms with Gasteiger partial charge in [0, 0.05) is 36.8 Å². The maximum atomic E-state index is 12.5. The molecule has 1 aliphatic heterocycles. The molecule has 4 nitrogen and oxygen atoms in total. The zero-order chi connectivity index (χ0) is 18.4. The van der Waals surface area contributed by atoms with Crippen LogP contribution >= 0.6 is 11.6 Å². The van der Waals surface area contributed by atoms with Crippen LogP contribution in [-0.4, -0.2) is 48.7 Å². The number of piperidine rings is 1. The summed E-state index contributed by atoms with van der Waals surface area (Å²) in [5.41, 5.74) is 2.62. The van der Waals surface area contributed by atoms with Crippen LogP contribution in [0.2, 0.25) is 5.02 Å². The topological polar surface area (TPSA) is 52.6 Å². The molecule has 1 fully saturated rings. The highest BCUT2D eigenvalue weighted by atomic mass is 35.5. The second-order valence-corrected chi connectivity index (χ2v) is 7.27. The van der Waals surface area contributed by atoms with Gasteiger partial charge in [-0.2, -0.15) is 0 Å². The predicted molar refractivity (Wildman–Crippen MR) is 105 cm³/mol. The fraction of sp³-hybridized carbons (Fsp3) is 0.381. The summed E-state index contributed by atoms with van der Waals surface area (Å²) < 4.78 is 0. The number of hydrogen-bond donors (Lipinski definition) is 2. The SMILES string of the molecule is O=C(NCCN1CCC[C@H](CO)C1)c1cccc(-c2cccc(Cl)c2)c1. The second kappa shape index (κ2) is 9.17. The molecule has 1 amide bonds. The van der Waals surface area contributed by atoms with Gasteiger partial charge in [0.2, 0.25) is 0 Å². The summed E-state index contributed by atoms with van der Waals surface area (Å²) in [4.78, 5) is 14.8. The number of carbonyl (C=O) groups is 1. The van der Waals surface area contributed by atoms with Crippen LogP contribution in [0.25, 0.3) is 11.1 Å². The number of likely N-dealkylation sites (tertiary alicyclic amines) is 1. The molecule has 138 valence electrons. The average Bonchev–Trinajstić information content (AvgIpc) is 2.68. The Hall–Kier alpha value is -1.88. The summed E-state index contributed by atoms with van der Waals surface area (Å²) >= 11 is 6.06. The molecule has 26 heavy (non-hydrogen) atoms. The third-order valence-corrected chi connectivity index (χ3v) is 5.09. The standard InChI is InChI=1S/C21H25ClN2O2/c22-20-8-2-6-18(13-20)17-5-1-7-19(12-17)21(26)23-9-11-24-10-3-4-16(14-24)15-25/h1-2,5-8,12-13,16,25H,3-4,9-11,14-15H2,(H,23,26)/t16-/m0/s1. The molecule has 2 aromatic rings. The highest BCUT2D eigenvalue weighted by Gasteiger charge is 2.18. The molecule has 0 aromatic heterocycles. The Morgan fingerprint density at radius 1 is 1.19 bits per heavy atom. The van der Waals surface area contributed by atoms with Crippen molar-refractivity contribution in [3.05, 3.63) is 59.1 Å². The first-order chi connectivity index (χ1) is 12.7. The maximum Gasteiger partial charge on any atom is 0.251 e. The van der Waals surface area contributed by atoms with Crippen LogP contribution in [0.4, 0.5) is 0 Å². The lowest BCUT2D eigenvalue weighted by atomic mass is 9.99. The minimum absolute atomic E-state index is 0.0652. The smallest absolute Gasteiger partial charge is 0.251 e. The lowest BCUT2D eigenvalue weighted by Crippen LogP contribution is -2.41. The van der Waals surface area contributed by atoms with Crippen molar-refractivity contribution in [3.8, 4) is 11.1 Å². The number of carbonyl (C=O) groups excluding carboxylic acids is 1. The maximum absolute atomic E-state index is 12.5. The molecule has 0 radical (unpaired) electrons. The number of amides is 1. The summed E-state index contributed by atoms with van der Waals surface area (Å²) in [6.07, 6.45) is 2.20. The van der Waals surface area contributed by atoms with Crippen molar-refractivity contribution >= 4 is 17.5 Å². The fourth-order valence-electron chi connectivity index (χ4n) is 3.44. The van der Waals surface area contributed by atoms with E-state index in [-0.39, 0.29) is 12.5 Å². The first-order valence-corrected chi connectivity index (χ1v) is 9.51. The van der Waals surface area contributed by atoms with Crippen LogP contribution in [0.15, 0.2) is 48.5 Å². The number of benzene rings is 2. The van der Waals surface area contributed by atoms with Gasteiger partial charge in [-0.15, -0.1) is 0 Å². The predicted octanol–water partition coefficient (Wildman–Crippen LogP) is 3.44. The van der Waals surface area contributed by atoms with Gasteiger partial charge in [-0.25, -0.2) is 0 Å². The van der Waals surface area contributed by atoms with Gasteiger partial charge in [0.05, 0.1) is 0 Å². The second-order valence-electron chi connectivity index (χ2n) is 6.84. The van der Waals surface area contributed by atoms with E-state index in [1.165, 1.54) is 0 Å². The lowest BCUT2D eigenvalue weighted by Gasteiger charge is -2.31. The van der Waals surface area contributed by atoms with E-state index in [0.29, 0.717) is 23.0 Å². The molecule has 2 aromatic carbocycles. The van der Waals surface area contributed by atoms with E-state index in [0.717, 1.165) is 43.6 Å². The van der Waals surface area contributed by atoms with Crippen molar-refractivity contribution in [2.45, 2.75) is 12.8 Å². The number of aliphatic hydroxyl groups is 1. The van der Waals surface area contributed by atoms with Gasteiger partial charge in [0.15, 0.2) is 0 Å². The number of hydrogen-bond acceptors (Lipinski definition) is 3. The minimum Gasteiger partial charge on any atom is -0.396 e. The van der Waals surface area contributed by atoms with E-state index in [1.54, 1.807) is 0 Å². The summed E-state index contributed by atoms with van der Waals surface area (Å²) in [5.74, 6) is 0.304. The Bertz CT molecular complexity index is 750. The van der Waals surface area contributed by atoms with E-state index in [2.05, 4.69) is 10.2 Å². The van der Waals surface area contributed by atoms with Crippen LogP contribution < -0.4 is 5.32 Å². The number of nitrogens with one attached hydrogen (secondary N) is 1. The van der Waals surface area contributed by atoms with Gasteiger partial charge in [-0.05, 0) is 60.7 Å². The molecule has 0 bridgehead atoms. The molecule has 1 atom stereocenters. The Morgan fingerprint density at radius 2 is 1.96 bits per heavy atom. The Labute approximate surface area is 159 Å². The van der Waals surface area contributed by atoms with Crippen molar-refractivity contribution in [1.82, 2.24) is 10.2 Å². The normalized spacial score (nSPS) is 17.8. The van der Waals surface area contributed by atoms with E-state index in [4.69, 9.17) is 11.6 Å². The van der Waals surface area contributed by atoms with Crippen molar-refractivity contribution in [2.24, 2.45) is 5.92 Å². The highest BCUT2D eigenvalue weighted by Crippen LogP contribution is 2.23. The van der Waals surface area contributed by atoms with E-state index in [1.807, 2.05) is 48.5 Å². The van der Waals surface area contributed by atoms with Crippen LogP contribution in [0.3, 0.4) is 0 Å². The first kappa shape index (κ1) is 18.9. The van der Waals surface area contributed by atoms with Crippen LogP contribution in [-0.2, 0) is 0 Å². The van der Waals surface area contributed by atoms with Gasteiger partial charge in [0.25, 0.3) is 5.91 Å². The van der Waals surface area contributed by atoms with Gasteiger partial charge >= 0.3 is 0 Å². The van der Waals surface area contributed by atoms with Gasteiger partial charge in [0.1, 0.15) is 0 Å². The molecule has 2 N–H and O–H groups in total. The van der Waals surface area contributed by atoms with Crippen LogP contribution in [0, 0.1) is 5.92 Å². The van der Waals surface area contributed by atoms with Crippen molar-refractivity contribution in [1.29, 1.82) is 0 Å². The molecular formula is C21H25ClN2O2. The molecular weight excluding hydrogens is 348 g/mol. The van der Waals surface area contributed by atoms with Gasteiger partial charge in [-0.3, -0.25) is 4.79 Å². The molecule has 3 rings (SSSR count). The third-order valence-electron chi connectivity index (χ3n) is 4.86. The van der Waals surface area contributed by atoms with E-state index < -0.39 is 0 Å². The molecule has 1 aliphatic rings. The first-order valence-electron chi connectivity index (χ1n) is 9.13. The molecule has 0 saturated carbocycles. The Balaban J connectivity index is 1.56. The van der Waals surface area contributed by atoms with Crippen LogP contribution in [0.1, 0.15) is 23.2 Å². The number of halogens is 1. The monoisotopic (exact) mass is 372 g/mol. The number of nitrogens with zero attached hydrogens (tertiary/aromatic N) is 1. The van der Waals surface area contributed by atoms with Gasteiger partial charge in [-0.1, -0.05) is 35.9 Å². The molecule has 1 heterocycles. The Kier molecular flexibility index (Phi) is 6.67. The summed E-state index contributed by atoms with van der Waals surface area (Å²) in [7, 11) is 0. The quantitative estimate of drug-likeness (QED) is 0.816. The molecule has 0 spiro atoms. The van der Waals surface area contributed by atoms with Crippen molar-refractivity contribution in [3.63, 3.8) is 0 Å². The van der Waals surface area contributed by atoms with Crippen LogP contribution in [0.5, 0.6) is 0 Å². The summed E-state index contributed by atoms with van der Waals surface area (Å²) in [6.45, 7) is 3.63. The lowest BCUT2D eigenvalue weighted by molar-refractivity contribution is 0.0930. The number of rotatable bonds is 6. The largest absolute Gasteiger partial charge is 0.396 e.